The Morgan fingerprint density at radius 3 is 2.78 bits per heavy atom. The van der Waals surface area contributed by atoms with E-state index in [4.69, 9.17) is 11.6 Å². The molecule has 32 heavy (non-hydrogen) atoms. The number of aromatic nitrogens is 4. The van der Waals surface area contributed by atoms with Gasteiger partial charge in [0.05, 0.1) is 12.2 Å². The first kappa shape index (κ1) is 20.3. The molecule has 162 valence electrons. The standard InChI is InChI=1S/C23H22ClN7O/c24-18-3-1-2-15(8-18)10-26-23(32)30-21-9-20(27-14-28-21)25-11-19-13-31-12-17(16-4-5-16)6-7-22(31)29-19/h1-3,6-9,12-14,16H,4-5,10-11H2,(H3,25,26,27,28,30,32). The predicted octanol–water partition coefficient (Wildman–Crippen LogP) is 4.59. The Bertz CT molecular complexity index is 1270. The maximum absolute atomic E-state index is 12.2. The van der Waals surface area contributed by atoms with Gasteiger partial charge in [0.15, 0.2) is 0 Å². The van der Waals surface area contributed by atoms with Gasteiger partial charge in [0.2, 0.25) is 0 Å². The minimum Gasteiger partial charge on any atom is -0.364 e. The highest BCUT2D eigenvalue weighted by atomic mass is 35.5. The van der Waals surface area contributed by atoms with Crippen molar-refractivity contribution in [1.82, 2.24) is 24.7 Å². The molecule has 1 fully saturated rings. The smallest absolute Gasteiger partial charge is 0.320 e. The van der Waals surface area contributed by atoms with E-state index in [1.54, 1.807) is 18.2 Å². The third kappa shape index (κ3) is 4.97. The number of hydrogen-bond donors (Lipinski definition) is 3. The average Bonchev–Trinajstić information content (AvgIpc) is 3.56. The normalized spacial score (nSPS) is 13.2. The molecule has 3 heterocycles. The Hall–Kier alpha value is -3.65. The van der Waals surface area contributed by atoms with Gasteiger partial charge in [0, 0.05) is 30.0 Å². The van der Waals surface area contributed by atoms with Crippen LogP contribution in [0.2, 0.25) is 5.02 Å². The van der Waals surface area contributed by atoms with Gasteiger partial charge in [0.1, 0.15) is 23.6 Å². The molecular weight excluding hydrogens is 426 g/mol. The second kappa shape index (κ2) is 8.84. The summed E-state index contributed by atoms with van der Waals surface area (Å²) in [6.45, 7) is 0.872. The predicted molar refractivity (Wildman–Crippen MR) is 124 cm³/mol. The molecule has 4 aromatic rings. The molecule has 1 aromatic carbocycles. The van der Waals surface area contributed by atoms with Gasteiger partial charge >= 0.3 is 6.03 Å². The van der Waals surface area contributed by atoms with Crippen LogP contribution in [0.4, 0.5) is 16.4 Å². The molecular formula is C23H22ClN7O. The first-order valence-corrected chi connectivity index (χ1v) is 10.8. The quantitative estimate of drug-likeness (QED) is 0.385. The van der Waals surface area contributed by atoms with Crippen LogP contribution in [0.25, 0.3) is 5.65 Å². The molecule has 0 saturated heterocycles. The molecule has 1 saturated carbocycles. The van der Waals surface area contributed by atoms with Crippen molar-refractivity contribution < 1.29 is 4.79 Å². The Balaban J connectivity index is 1.17. The molecule has 0 bridgehead atoms. The van der Waals surface area contributed by atoms with E-state index in [0.29, 0.717) is 35.7 Å². The van der Waals surface area contributed by atoms with Gasteiger partial charge < -0.3 is 15.0 Å². The third-order valence-corrected chi connectivity index (χ3v) is 5.51. The number of amides is 2. The summed E-state index contributed by atoms with van der Waals surface area (Å²) in [6.07, 6.45) is 8.14. The van der Waals surface area contributed by atoms with Crippen LogP contribution in [-0.4, -0.2) is 25.4 Å². The molecule has 1 aliphatic rings. The van der Waals surface area contributed by atoms with E-state index in [-0.39, 0.29) is 6.03 Å². The number of fused-ring (bicyclic) bond motifs is 1. The van der Waals surface area contributed by atoms with Crippen molar-refractivity contribution in [3.8, 4) is 0 Å². The fourth-order valence-corrected chi connectivity index (χ4v) is 3.71. The van der Waals surface area contributed by atoms with Gasteiger partial charge in [-0.2, -0.15) is 0 Å². The Kier molecular flexibility index (Phi) is 5.60. The fourth-order valence-electron chi connectivity index (χ4n) is 3.50. The van der Waals surface area contributed by atoms with E-state index in [1.165, 1.54) is 24.7 Å². The lowest BCUT2D eigenvalue weighted by atomic mass is 10.2. The van der Waals surface area contributed by atoms with E-state index < -0.39 is 0 Å². The van der Waals surface area contributed by atoms with Crippen molar-refractivity contribution in [3.63, 3.8) is 0 Å². The molecule has 9 heteroatoms. The van der Waals surface area contributed by atoms with Crippen LogP contribution in [0.1, 0.15) is 35.6 Å². The van der Waals surface area contributed by atoms with Gasteiger partial charge in [-0.05, 0) is 48.1 Å². The van der Waals surface area contributed by atoms with Gasteiger partial charge in [-0.1, -0.05) is 29.8 Å². The minimum atomic E-state index is -0.360. The SMILES string of the molecule is O=C(NCc1cccc(Cl)c1)Nc1cc(NCc2cn3cc(C4CC4)ccc3n2)ncn1. The van der Waals surface area contributed by atoms with E-state index in [2.05, 4.69) is 53.6 Å². The summed E-state index contributed by atoms with van der Waals surface area (Å²) in [6, 6.07) is 12.9. The lowest BCUT2D eigenvalue weighted by Gasteiger charge is -2.09. The lowest BCUT2D eigenvalue weighted by molar-refractivity contribution is 0.251. The first-order chi connectivity index (χ1) is 15.6. The number of nitrogens with one attached hydrogen (secondary N) is 3. The molecule has 0 unspecified atom stereocenters. The summed E-state index contributed by atoms with van der Waals surface area (Å²) in [4.78, 5) is 25.2. The third-order valence-electron chi connectivity index (χ3n) is 5.27. The molecule has 3 aromatic heterocycles. The van der Waals surface area contributed by atoms with Crippen LogP contribution in [0.5, 0.6) is 0 Å². The van der Waals surface area contributed by atoms with Gasteiger partial charge in [-0.15, -0.1) is 0 Å². The zero-order valence-electron chi connectivity index (χ0n) is 17.3. The van der Waals surface area contributed by atoms with Gasteiger partial charge in [-0.25, -0.2) is 19.7 Å². The Morgan fingerprint density at radius 2 is 1.94 bits per heavy atom. The van der Waals surface area contributed by atoms with Gasteiger partial charge in [0.25, 0.3) is 0 Å². The summed E-state index contributed by atoms with van der Waals surface area (Å²) in [7, 11) is 0. The highest BCUT2D eigenvalue weighted by Gasteiger charge is 2.23. The first-order valence-electron chi connectivity index (χ1n) is 10.5. The number of benzene rings is 1. The van der Waals surface area contributed by atoms with Crippen molar-refractivity contribution in [1.29, 1.82) is 0 Å². The zero-order valence-corrected chi connectivity index (χ0v) is 18.0. The number of imidazole rings is 1. The molecule has 0 atom stereocenters. The van der Waals surface area contributed by atoms with Crippen LogP contribution in [-0.2, 0) is 13.1 Å². The van der Waals surface area contributed by atoms with Crippen molar-refractivity contribution in [2.75, 3.05) is 10.6 Å². The highest BCUT2D eigenvalue weighted by Crippen LogP contribution is 2.39. The second-order valence-corrected chi connectivity index (χ2v) is 8.25. The van der Waals surface area contributed by atoms with E-state index in [9.17, 15) is 4.79 Å². The Labute approximate surface area is 190 Å². The van der Waals surface area contributed by atoms with E-state index in [1.807, 2.05) is 18.3 Å². The number of carbonyl (C=O) groups is 1. The van der Waals surface area contributed by atoms with Crippen LogP contribution < -0.4 is 16.0 Å². The van der Waals surface area contributed by atoms with E-state index in [0.717, 1.165) is 16.9 Å². The number of carbonyl (C=O) groups excluding carboxylic acids is 1. The molecule has 5 rings (SSSR count). The van der Waals surface area contributed by atoms with Crippen molar-refractivity contribution in [3.05, 3.63) is 83.0 Å². The average molecular weight is 448 g/mol. The minimum absolute atomic E-state index is 0.360. The summed E-state index contributed by atoms with van der Waals surface area (Å²) < 4.78 is 2.07. The maximum atomic E-state index is 12.2. The van der Waals surface area contributed by atoms with Crippen LogP contribution in [0, 0.1) is 0 Å². The molecule has 3 N–H and O–H groups in total. The molecule has 8 nitrogen and oxygen atoms in total. The number of pyridine rings is 1. The molecule has 2 amide bonds. The summed E-state index contributed by atoms with van der Waals surface area (Å²) in [5.41, 5.74) is 4.11. The molecule has 0 spiro atoms. The number of urea groups is 1. The summed E-state index contributed by atoms with van der Waals surface area (Å²) in [5.74, 6) is 1.70. The number of anilines is 2. The molecule has 1 aliphatic carbocycles. The van der Waals surface area contributed by atoms with E-state index >= 15 is 0 Å². The number of rotatable bonds is 7. The topological polar surface area (TPSA) is 96.2 Å². The summed E-state index contributed by atoms with van der Waals surface area (Å²) >= 11 is 5.97. The Morgan fingerprint density at radius 1 is 1.06 bits per heavy atom. The van der Waals surface area contributed by atoms with Crippen molar-refractivity contribution >= 4 is 34.9 Å². The number of halogens is 1. The largest absolute Gasteiger partial charge is 0.364 e. The monoisotopic (exact) mass is 447 g/mol. The van der Waals surface area contributed by atoms with Crippen molar-refractivity contribution in [2.45, 2.75) is 31.8 Å². The lowest BCUT2D eigenvalue weighted by Crippen LogP contribution is -2.28. The molecule has 0 radical (unpaired) electrons. The molecule has 0 aliphatic heterocycles. The zero-order chi connectivity index (χ0) is 21.9. The maximum Gasteiger partial charge on any atom is 0.320 e. The summed E-state index contributed by atoms with van der Waals surface area (Å²) in [5, 5.41) is 9.36. The van der Waals surface area contributed by atoms with Crippen LogP contribution >= 0.6 is 11.6 Å². The second-order valence-electron chi connectivity index (χ2n) is 7.81. The van der Waals surface area contributed by atoms with Crippen LogP contribution in [0.3, 0.4) is 0 Å². The van der Waals surface area contributed by atoms with Crippen molar-refractivity contribution in [2.24, 2.45) is 0 Å². The highest BCUT2D eigenvalue weighted by molar-refractivity contribution is 6.30. The number of nitrogens with zero attached hydrogens (tertiary/aromatic N) is 4. The van der Waals surface area contributed by atoms with Gasteiger partial charge in [-0.3, -0.25) is 5.32 Å². The number of hydrogen-bond acceptors (Lipinski definition) is 5. The van der Waals surface area contributed by atoms with Crippen LogP contribution in [0.15, 0.2) is 61.2 Å². The fraction of sp³-hybridized carbons (Fsp3) is 0.217.